The molecule has 2 heterocycles. The molecule has 3 rings (SSSR count). The maximum absolute atomic E-state index is 11.3. The summed E-state index contributed by atoms with van der Waals surface area (Å²) in [6.07, 6.45) is 6.89. The predicted octanol–water partition coefficient (Wildman–Crippen LogP) is 4.36. The van der Waals surface area contributed by atoms with Gasteiger partial charge >= 0.3 is 0 Å². The molecular weight excluding hydrogens is 360 g/mol. The van der Waals surface area contributed by atoms with Gasteiger partial charge in [0.1, 0.15) is 5.69 Å². The summed E-state index contributed by atoms with van der Waals surface area (Å²) >= 11 is 1.62. The molecule has 0 unspecified atom stereocenters. The van der Waals surface area contributed by atoms with Crippen LogP contribution in [0.2, 0.25) is 0 Å². The zero-order valence-electron chi connectivity index (χ0n) is 16.2. The fourth-order valence-electron chi connectivity index (χ4n) is 3.34. The van der Waals surface area contributed by atoms with E-state index in [0.717, 1.165) is 48.6 Å². The second-order valence-corrected chi connectivity index (χ2v) is 8.88. The Bertz CT molecular complexity index is 721. The van der Waals surface area contributed by atoms with Crippen LogP contribution in [-0.2, 0) is 9.63 Å². The molecule has 0 aromatic carbocycles. The number of carbonyl (C=O) groups is 1. The van der Waals surface area contributed by atoms with Gasteiger partial charge in [-0.05, 0) is 64.5 Å². The largest absolute Gasteiger partial charge is 0.359 e. The lowest BCUT2D eigenvalue weighted by Gasteiger charge is -2.33. The van der Waals surface area contributed by atoms with Gasteiger partial charge in [-0.25, -0.2) is 10.0 Å². The SMILES string of the molecule is CC(C)(C)ON(C=O)CC1CCC(Nc2nc(-c3ccccn3)cs2)CC1. The first-order valence-electron chi connectivity index (χ1n) is 9.47. The highest BCUT2D eigenvalue weighted by atomic mass is 32.1. The first-order chi connectivity index (χ1) is 12.9. The van der Waals surface area contributed by atoms with Crippen LogP contribution in [0.3, 0.4) is 0 Å². The van der Waals surface area contributed by atoms with Crippen molar-refractivity contribution >= 4 is 22.9 Å². The molecule has 1 aliphatic rings. The number of aromatic nitrogens is 2. The molecule has 0 saturated heterocycles. The summed E-state index contributed by atoms with van der Waals surface area (Å²) in [5.41, 5.74) is 1.46. The van der Waals surface area contributed by atoms with Crippen molar-refractivity contribution in [2.45, 2.75) is 58.1 Å². The number of anilines is 1. The Hall–Kier alpha value is -1.99. The van der Waals surface area contributed by atoms with Gasteiger partial charge in [0, 0.05) is 17.6 Å². The number of nitrogens with zero attached hydrogens (tertiary/aromatic N) is 3. The van der Waals surface area contributed by atoms with E-state index in [1.807, 2.05) is 44.4 Å². The van der Waals surface area contributed by atoms with Crippen molar-refractivity contribution in [2.75, 3.05) is 11.9 Å². The average Bonchev–Trinajstić information content (AvgIpc) is 3.11. The average molecular weight is 389 g/mol. The Morgan fingerprint density at radius 3 is 2.67 bits per heavy atom. The third-order valence-electron chi connectivity index (χ3n) is 4.55. The minimum atomic E-state index is -0.351. The molecule has 1 amide bonds. The van der Waals surface area contributed by atoms with Gasteiger partial charge in [0.15, 0.2) is 5.13 Å². The van der Waals surface area contributed by atoms with Gasteiger partial charge < -0.3 is 5.32 Å². The van der Waals surface area contributed by atoms with Crippen LogP contribution in [-0.4, -0.2) is 39.6 Å². The van der Waals surface area contributed by atoms with Crippen LogP contribution in [0.5, 0.6) is 0 Å². The summed E-state index contributed by atoms with van der Waals surface area (Å²) in [6, 6.07) is 6.29. The molecule has 0 aliphatic heterocycles. The summed E-state index contributed by atoms with van der Waals surface area (Å²) in [7, 11) is 0. The molecule has 0 spiro atoms. The van der Waals surface area contributed by atoms with Crippen LogP contribution >= 0.6 is 11.3 Å². The minimum absolute atomic E-state index is 0.351. The number of carbonyl (C=O) groups excluding carboxylic acids is 1. The molecule has 146 valence electrons. The van der Waals surface area contributed by atoms with Crippen molar-refractivity contribution in [3.63, 3.8) is 0 Å². The first kappa shape index (κ1) is 19.8. The number of pyridine rings is 1. The quantitative estimate of drug-likeness (QED) is 0.564. The van der Waals surface area contributed by atoms with E-state index in [-0.39, 0.29) is 5.60 Å². The minimum Gasteiger partial charge on any atom is -0.359 e. The van der Waals surface area contributed by atoms with Crippen molar-refractivity contribution in [1.82, 2.24) is 15.0 Å². The molecule has 1 aliphatic carbocycles. The molecule has 0 bridgehead atoms. The van der Waals surface area contributed by atoms with Gasteiger partial charge in [-0.3, -0.25) is 14.6 Å². The summed E-state index contributed by atoms with van der Waals surface area (Å²) in [4.78, 5) is 26.0. The Morgan fingerprint density at radius 1 is 1.26 bits per heavy atom. The lowest BCUT2D eigenvalue weighted by atomic mass is 9.86. The van der Waals surface area contributed by atoms with Crippen molar-refractivity contribution in [2.24, 2.45) is 5.92 Å². The molecule has 2 aromatic heterocycles. The number of rotatable bonds is 7. The predicted molar refractivity (Wildman–Crippen MR) is 108 cm³/mol. The van der Waals surface area contributed by atoms with Crippen molar-refractivity contribution < 1.29 is 9.63 Å². The molecule has 0 radical (unpaired) electrons. The summed E-state index contributed by atoms with van der Waals surface area (Å²) in [6.45, 7) is 6.53. The lowest BCUT2D eigenvalue weighted by Crippen LogP contribution is -2.38. The van der Waals surface area contributed by atoms with E-state index >= 15 is 0 Å². The third kappa shape index (κ3) is 6.01. The van der Waals surface area contributed by atoms with Crippen LogP contribution in [0.15, 0.2) is 29.8 Å². The highest BCUT2D eigenvalue weighted by molar-refractivity contribution is 7.14. The number of thiazole rings is 1. The van der Waals surface area contributed by atoms with Gasteiger partial charge in [0.2, 0.25) is 6.41 Å². The van der Waals surface area contributed by atoms with Crippen molar-refractivity contribution in [3.8, 4) is 11.4 Å². The van der Waals surface area contributed by atoms with Crippen molar-refractivity contribution in [3.05, 3.63) is 29.8 Å². The number of hydroxylamine groups is 2. The summed E-state index contributed by atoms with van der Waals surface area (Å²) in [5, 5.41) is 8.01. The van der Waals surface area contributed by atoms with E-state index in [9.17, 15) is 4.79 Å². The first-order valence-corrected chi connectivity index (χ1v) is 10.4. The highest BCUT2D eigenvalue weighted by Gasteiger charge is 2.25. The molecule has 1 fully saturated rings. The number of hydrogen-bond donors (Lipinski definition) is 1. The van der Waals surface area contributed by atoms with E-state index in [2.05, 4.69) is 15.3 Å². The molecule has 6 nitrogen and oxygen atoms in total. The maximum Gasteiger partial charge on any atom is 0.233 e. The fourth-order valence-corrected chi connectivity index (χ4v) is 4.13. The zero-order chi connectivity index (χ0) is 19.3. The number of hydrogen-bond acceptors (Lipinski definition) is 6. The monoisotopic (exact) mass is 388 g/mol. The summed E-state index contributed by atoms with van der Waals surface area (Å²) in [5.74, 6) is 0.482. The maximum atomic E-state index is 11.3. The molecule has 1 saturated carbocycles. The van der Waals surface area contributed by atoms with E-state index < -0.39 is 0 Å². The van der Waals surface area contributed by atoms with E-state index in [4.69, 9.17) is 4.84 Å². The van der Waals surface area contributed by atoms with Crippen LogP contribution in [0.1, 0.15) is 46.5 Å². The Kier molecular flexibility index (Phi) is 6.44. The van der Waals surface area contributed by atoms with Gasteiger partial charge in [0.25, 0.3) is 0 Å². The molecule has 1 N–H and O–H groups in total. The zero-order valence-corrected chi connectivity index (χ0v) is 17.0. The normalized spacial score (nSPS) is 20.3. The third-order valence-corrected chi connectivity index (χ3v) is 5.33. The number of nitrogens with one attached hydrogen (secondary N) is 1. The van der Waals surface area contributed by atoms with E-state index in [1.165, 1.54) is 5.06 Å². The highest BCUT2D eigenvalue weighted by Crippen LogP contribution is 2.30. The van der Waals surface area contributed by atoms with Crippen LogP contribution in [0.4, 0.5) is 5.13 Å². The molecule has 27 heavy (non-hydrogen) atoms. The topological polar surface area (TPSA) is 67.3 Å². The van der Waals surface area contributed by atoms with Gasteiger partial charge in [0.05, 0.1) is 17.8 Å². The van der Waals surface area contributed by atoms with Crippen LogP contribution in [0, 0.1) is 5.92 Å². The Balaban J connectivity index is 1.47. The Morgan fingerprint density at radius 2 is 2.04 bits per heavy atom. The van der Waals surface area contributed by atoms with Gasteiger partial charge in [-0.2, -0.15) is 0 Å². The summed E-state index contributed by atoms with van der Waals surface area (Å²) < 4.78 is 0. The second-order valence-electron chi connectivity index (χ2n) is 8.02. The smallest absolute Gasteiger partial charge is 0.233 e. The molecule has 7 heteroatoms. The molecule has 2 aromatic rings. The van der Waals surface area contributed by atoms with Crippen LogP contribution < -0.4 is 5.32 Å². The van der Waals surface area contributed by atoms with Gasteiger partial charge in [-0.15, -0.1) is 11.3 Å². The molecular formula is C20H28N4O2S. The number of amides is 1. The van der Waals surface area contributed by atoms with E-state index in [0.29, 0.717) is 18.5 Å². The van der Waals surface area contributed by atoms with Crippen molar-refractivity contribution in [1.29, 1.82) is 0 Å². The van der Waals surface area contributed by atoms with Crippen LogP contribution in [0.25, 0.3) is 11.4 Å². The lowest BCUT2D eigenvalue weighted by molar-refractivity contribution is -0.220. The Labute approximate surface area is 164 Å². The van der Waals surface area contributed by atoms with Gasteiger partial charge in [-0.1, -0.05) is 6.07 Å². The van der Waals surface area contributed by atoms with E-state index in [1.54, 1.807) is 17.5 Å². The molecule has 0 atom stereocenters. The second kappa shape index (κ2) is 8.80. The standard InChI is InChI=1S/C20H28N4O2S/c1-20(2,3)26-24(14-25)12-15-7-9-16(10-8-15)22-19-23-18(13-27-19)17-6-4-5-11-21-17/h4-6,11,13-16H,7-10,12H2,1-3H3,(H,22,23). The fraction of sp³-hybridized carbons (Fsp3) is 0.550.